The van der Waals surface area contributed by atoms with Crippen LogP contribution >= 0.6 is 38.9 Å². The number of hydrogen-bond donors (Lipinski definition) is 0. The van der Waals surface area contributed by atoms with Gasteiger partial charge < -0.3 is 4.74 Å². The Labute approximate surface area is 147 Å². The summed E-state index contributed by atoms with van der Waals surface area (Å²) in [5.41, 5.74) is 1.64. The number of esters is 1. The molecular weight excluding hydrogens is 386 g/mol. The molecule has 0 unspecified atom stereocenters. The Bertz CT molecular complexity index is 662. The maximum Gasteiger partial charge on any atom is 0.311 e. The molecule has 2 aromatic rings. The summed E-state index contributed by atoms with van der Waals surface area (Å²) in [4.78, 5) is 16.4. The summed E-state index contributed by atoms with van der Waals surface area (Å²) in [6.45, 7) is 6.48. The van der Waals surface area contributed by atoms with Crippen molar-refractivity contribution in [3.8, 4) is 10.6 Å². The standard InChI is InChI=1S/C16H17BrClNO2S/c1-16(2,3)9-21-13(20)8-12-14(17)22-15(19-12)10-4-6-11(18)7-5-10/h4-7H,8-9H2,1-3H3. The van der Waals surface area contributed by atoms with Crippen molar-refractivity contribution in [1.29, 1.82) is 0 Å². The van der Waals surface area contributed by atoms with Gasteiger partial charge in [-0.2, -0.15) is 0 Å². The van der Waals surface area contributed by atoms with Crippen LogP contribution in [-0.2, 0) is 16.0 Å². The van der Waals surface area contributed by atoms with Crippen molar-refractivity contribution in [3.05, 3.63) is 38.8 Å². The minimum Gasteiger partial charge on any atom is -0.465 e. The lowest BCUT2D eigenvalue weighted by Gasteiger charge is -2.17. The number of ether oxygens (including phenoxy) is 1. The summed E-state index contributed by atoms with van der Waals surface area (Å²) in [6, 6.07) is 7.47. The maximum atomic E-state index is 11.9. The number of benzene rings is 1. The normalized spacial score (nSPS) is 11.5. The molecule has 1 aromatic heterocycles. The zero-order chi connectivity index (χ0) is 16.3. The molecule has 6 heteroatoms. The second-order valence-corrected chi connectivity index (χ2v) is 8.90. The summed E-state index contributed by atoms with van der Waals surface area (Å²) in [7, 11) is 0. The van der Waals surface area contributed by atoms with Gasteiger partial charge in [-0.25, -0.2) is 4.98 Å². The van der Waals surface area contributed by atoms with E-state index in [2.05, 4.69) is 20.9 Å². The molecule has 1 heterocycles. The minimum absolute atomic E-state index is 0.0383. The number of aromatic nitrogens is 1. The molecule has 3 nitrogen and oxygen atoms in total. The molecule has 2 rings (SSSR count). The molecule has 0 aliphatic rings. The third kappa shape index (κ3) is 5.07. The Morgan fingerprint density at radius 3 is 2.55 bits per heavy atom. The average Bonchev–Trinajstić information content (AvgIpc) is 2.78. The topological polar surface area (TPSA) is 39.2 Å². The second kappa shape index (κ2) is 7.11. The van der Waals surface area contributed by atoms with E-state index >= 15 is 0 Å². The van der Waals surface area contributed by atoms with Gasteiger partial charge in [0.15, 0.2) is 0 Å². The quantitative estimate of drug-likeness (QED) is 0.646. The van der Waals surface area contributed by atoms with Crippen molar-refractivity contribution in [2.45, 2.75) is 27.2 Å². The van der Waals surface area contributed by atoms with Crippen LogP contribution < -0.4 is 0 Å². The Morgan fingerprint density at radius 1 is 1.32 bits per heavy atom. The third-order valence-corrected chi connectivity index (χ3v) is 4.85. The summed E-state index contributed by atoms with van der Waals surface area (Å²) in [6.07, 6.45) is 0.167. The second-order valence-electron chi connectivity index (χ2n) is 6.14. The van der Waals surface area contributed by atoms with Crippen molar-refractivity contribution >= 4 is 44.8 Å². The van der Waals surface area contributed by atoms with Gasteiger partial charge in [0.2, 0.25) is 0 Å². The largest absolute Gasteiger partial charge is 0.465 e. The molecule has 0 saturated carbocycles. The van der Waals surface area contributed by atoms with Crippen LogP contribution in [0.1, 0.15) is 26.5 Å². The number of hydrogen-bond acceptors (Lipinski definition) is 4. The molecule has 0 spiro atoms. The summed E-state index contributed by atoms with van der Waals surface area (Å²) in [5.74, 6) is -0.261. The molecule has 0 amide bonds. The molecule has 0 N–H and O–H groups in total. The van der Waals surface area contributed by atoms with Crippen LogP contribution in [0.3, 0.4) is 0 Å². The Kier molecular flexibility index (Phi) is 5.64. The van der Waals surface area contributed by atoms with Gasteiger partial charge in [0.05, 0.1) is 22.5 Å². The number of nitrogens with zero attached hydrogens (tertiary/aromatic N) is 1. The van der Waals surface area contributed by atoms with E-state index < -0.39 is 0 Å². The number of thiazole rings is 1. The molecule has 0 bridgehead atoms. The SMILES string of the molecule is CC(C)(C)COC(=O)Cc1nc(-c2ccc(Cl)cc2)sc1Br. The van der Waals surface area contributed by atoms with E-state index in [9.17, 15) is 4.79 Å². The first-order valence-electron chi connectivity index (χ1n) is 6.81. The highest BCUT2D eigenvalue weighted by Crippen LogP contribution is 2.33. The third-order valence-electron chi connectivity index (χ3n) is 2.72. The Hall–Kier alpha value is -0.910. The van der Waals surface area contributed by atoms with E-state index in [1.54, 1.807) is 0 Å². The molecule has 0 atom stereocenters. The molecule has 0 radical (unpaired) electrons. The minimum atomic E-state index is -0.261. The predicted octanol–water partition coefficient (Wildman–Crippen LogP) is 5.36. The highest BCUT2D eigenvalue weighted by Gasteiger charge is 2.17. The van der Waals surface area contributed by atoms with Gasteiger partial charge in [-0.15, -0.1) is 11.3 Å². The lowest BCUT2D eigenvalue weighted by molar-refractivity contribution is -0.145. The number of rotatable bonds is 4. The van der Waals surface area contributed by atoms with Crippen molar-refractivity contribution in [2.24, 2.45) is 5.41 Å². The first-order chi connectivity index (χ1) is 10.2. The van der Waals surface area contributed by atoms with E-state index in [4.69, 9.17) is 16.3 Å². The van der Waals surface area contributed by atoms with Gasteiger partial charge in [-0.05, 0) is 33.5 Å². The van der Waals surface area contributed by atoms with Crippen molar-refractivity contribution < 1.29 is 9.53 Å². The van der Waals surface area contributed by atoms with Crippen LogP contribution in [0.4, 0.5) is 0 Å². The Morgan fingerprint density at radius 2 is 1.95 bits per heavy atom. The van der Waals surface area contributed by atoms with Crippen LogP contribution in [0.25, 0.3) is 10.6 Å². The molecule has 22 heavy (non-hydrogen) atoms. The van der Waals surface area contributed by atoms with Crippen LogP contribution in [0, 0.1) is 5.41 Å². The summed E-state index contributed by atoms with van der Waals surface area (Å²) in [5, 5.41) is 1.53. The van der Waals surface area contributed by atoms with Gasteiger partial charge in [0, 0.05) is 10.6 Å². The fraction of sp³-hybridized carbons (Fsp3) is 0.375. The Balaban J connectivity index is 2.07. The van der Waals surface area contributed by atoms with Crippen LogP contribution in [0.5, 0.6) is 0 Å². The van der Waals surface area contributed by atoms with Crippen LogP contribution in [0.15, 0.2) is 28.1 Å². The number of carbonyl (C=O) groups excluding carboxylic acids is 1. The molecule has 118 valence electrons. The van der Waals surface area contributed by atoms with Gasteiger partial charge in [0.25, 0.3) is 0 Å². The zero-order valence-electron chi connectivity index (χ0n) is 12.7. The molecule has 1 aromatic carbocycles. The fourth-order valence-corrected chi connectivity index (χ4v) is 3.27. The molecule has 0 aliphatic heterocycles. The van der Waals surface area contributed by atoms with Gasteiger partial charge in [-0.3, -0.25) is 4.79 Å². The first kappa shape index (κ1) is 17.4. The van der Waals surface area contributed by atoms with E-state index in [-0.39, 0.29) is 17.8 Å². The van der Waals surface area contributed by atoms with Crippen LogP contribution in [0.2, 0.25) is 5.02 Å². The van der Waals surface area contributed by atoms with E-state index in [1.165, 1.54) is 11.3 Å². The predicted molar refractivity (Wildman–Crippen MR) is 94.4 cm³/mol. The lowest BCUT2D eigenvalue weighted by Crippen LogP contribution is -2.19. The average molecular weight is 403 g/mol. The summed E-state index contributed by atoms with van der Waals surface area (Å²) >= 11 is 10.9. The molecule has 0 fully saturated rings. The number of halogens is 2. The zero-order valence-corrected chi connectivity index (χ0v) is 15.8. The highest BCUT2D eigenvalue weighted by molar-refractivity contribution is 9.11. The highest BCUT2D eigenvalue weighted by atomic mass is 79.9. The van der Waals surface area contributed by atoms with Crippen LogP contribution in [-0.4, -0.2) is 17.6 Å². The van der Waals surface area contributed by atoms with Crippen molar-refractivity contribution in [1.82, 2.24) is 4.98 Å². The van der Waals surface area contributed by atoms with E-state index in [0.29, 0.717) is 17.3 Å². The van der Waals surface area contributed by atoms with Gasteiger partial charge in [-0.1, -0.05) is 44.5 Å². The molecule has 0 saturated heterocycles. The van der Waals surface area contributed by atoms with E-state index in [0.717, 1.165) is 14.4 Å². The number of carbonyl (C=O) groups is 1. The lowest BCUT2D eigenvalue weighted by atomic mass is 9.99. The molecular formula is C16H17BrClNO2S. The van der Waals surface area contributed by atoms with Crippen molar-refractivity contribution in [2.75, 3.05) is 6.61 Å². The fourth-order valence-electron chi connectivity index (χ4n) is 1.64. The van der Waals surface area contributed by atoms with Gasteiger partial charge in [0.1, 0.15) is 5.01 Å². The monoisotopic (exact) mass is 401 g/mol. The van der Waals surface area contributed by atoms with E-state index in [1.807, 2.05) is 45.0 Å². The summed E-state index contributed by atoms with van der Waals surface area (Å²) < 4.78 is 6.14. The van der Waals surface area contributed by atoms with Gasteiger partial charge >= 0.3 is 5.97 Å². The van der Waals surface area contributed by atoms with Crippen molar-refractivity contribution in [3.63, 3.8) is 0 Å². The maximum absolute atomic E-state index is 11.9. The smallest absolute Gasteiger partial charge is 0.311 e. The molecule has 0 aliphatic carbocycles. The first-order valence-corrected chi connectivity index (χ1v) is 8.80.